The number of aliphatic hydroxyl groups is 1. The van der Waals surface area contributed by atoms with Gasteiger partial charge >= 0.3 is 6.09 Å². The quantitative estimate of drug-likeness (QED) is 0.717. The van der Waals surface area contributed by atoms with Crippen LogP contribution in [0.15, 0.2) is 48.8 Å². The van der Waals surface area contributed by atoms with Crippen molar-refractivity contribution in [3.05, 3.63) is 54.4 Å². The van der Waals surface area contributed by atoms with Crippen molar-refractivity contribution in [1.29, 1.82) is 0 Å². The Bertz CT molecular complexity index is 1030. The number of carbonyl (C=O) groups excluding carboxylic acids is 1. The molecule has 0 unspecified atom stereocenters. The number of aliphatic hydroxyl groups excluding tert-OH is 1. The number of hydrogen-bond acceptors (Lipinski definition) is 5. The Kier molecular flexibility index (Phi) is 5.39. The molecule has 7 nitrogen and oxygen atoms in total. The van der Waals surface area contributed by atoms with Crippen LogP contribution in [0, 0.1) is 0 Å². The van der Waals surface area contributed by atoms with Crippen LogP contribution in [0.1, 0.15) is 26.3 Å². The van der Waals surface area contributed by atoms with Crippen molar-refractivity contribution in [1.82, 2.24) is 14.5 Å². The topological polar surface area (TPSA) is 70.8 Å². The number of piperazine rings is 1. The minimum Gasteiger partial charge on any atom is -0.444 e. The summed E-state index contributed by atoms with van der Waals surface area (Å²) < 4.78 is 7.50. The molecule has 3 aromatic rings. The average Bonchev–Trinajstić information content (AvgIpc) is 3.16. The summed E-state index contributed by atoms with van der Waals surface area (Å²) in [5.74, 6) is 0. The number of amides is 1. The molecule has 2 aromatic carbocycles. The van der Waals surface area contributed by atoms with E-state index in [1.165, 1.54) is 0 Å². The third kappa shape index (κ3) is 4.26. The first-order chi connectivity index (χ1) is 14.3. The smallest absolute Gasteiger partial charge is 0.410 e. The Balaban J connectivity index is 1.44. The maximum Gasteiger partial charge on any atom is 0.410 e. The van der Waals surface area contributed by atoms with E-state index >= 15 is 0 Å². The van der Waals surface area contributed by atoms with Crippen molar-refractivity contribution < 1.29 is 14.6 Å². The van der Waals surface area contributed by atoms with E-state index in [1.54, 1.807) is 11.2 Å². The Morgan fingerprint density at radius 3 is 2.33 bits per heavy atom. The van der Waals surface area contributed by atoms with Crippen LogP contribution in [0.2, 0.25) is 0 Å². The molecule has 30 heavy (non-hydrogen) atoms. The highest BCUT2D eigenvalue weighted by atomic mass is 16.6. The van der Waals surface area contributed by atoms with Gasteiger partial charge < -0.3 is 19.6 Å². The zero-order chi connectivity index (χ0) is 21.3. The van der Waals surface area contributed by atoms with Gasteiger partial charge in [-0.05, 0) is 62.7 Å². The fourth-order valence-electron chi connectivity index (χ4n) is 3.66. The van der Waals surface area contributed by atoms with Crippen LogP contribution in [0.5, 0.6) is 0 Å². The van der Waals surface area contributed by atoms with Gasteiger partial charge in [-0.3, -0.25) is 4.57 Å². The van der Waals surface area contributed by atoms with E-state index < -0.39 is 5.60 Å². The maximum atomic E-state index is 12.2. The van der Waals surface area contributed by atoms with E-state index in [4.69, 9.17) is 4.74 Å². The molecule has 0 radical (unpaired) electrons. The normalized spacial score (nSPS) is 14.9. The largest absolute Gasteiger partial charge is 0.444 e. The second-order valence-electron chi connectivity index (χ2n) is 8.57. The third-order valence-electron chi connectivity index (χ3n) is 5.22. The van der Waals surface area contributed by atoms with Crippen molar-refractivity contribution in [2.75, 3.05) is 31.1 Å². The van der Waals surface area contributed by atoms with Crippen molar-refractivity contribution in [3.8, 4) is 5.69 Å². The second-order valence-corrected chi connectivity index (χ2v) is 8.57. The third-order valence-corrected chi connectivity index (χ3v) is 5.22. The van der Waals surface area contributed by atoms with Crippen molar-refractivity contribution >= 4 is 22.8 Å². The number of nitrogens with zero attached hydrogens (tertiary/aromatic N) is 4. The first-order valence-corrected chi connectivity index (χ1v) is 10.2. The van der Waals surface area contributed by atoms with Crippen LogP contribution >= 0.6 is 0 Å². The monoisotopic (exact) mass is 408 g/mol. The molecule has 0 bridgehead atoms. The van der Waals surface area contributed by atoms with Crippen molar-refractivity contribution in [3.63, 3.8) is 0 Å². The lowest BCUT2D eigenvalue weighted by atomic mass is 10.2. The van der Waals surface area contributed by atoms with E-state index in [1.807, 2.05) is 43.5 Å². The van der Waals surface area contributed by atoms with E-state index in [0.29, 0.717) is 13.1 Å². The standard InChI is InChI=1S/C23H28N4O3/c1-23(2,3)30-22(29)26-12-10-25(11-13-26)18-5-7-19(8-6-18)27-16-24-20-9-4-17(15-28)14-21(20)27/h4-9,14,16,28H,10-13,15H2,1-3H3. The van der Waals surface area contributed by atoms with Gasteiger partial charge in [0.25, 0.3) is 0 Å². The number of carbonyl (C=O) groups is 1. The lowest BCUT2D eigenvalue weighted by Crippen LogP contribution is -2.50. The number of hydrogen-bond donors (Lipinski definition) is 1. The molecule has 0 aliphatic carbocycles. The number of rotatable bonds is 3. The highest BCUT2D eigenvalue weighted by Crippen LogP contribution is 2.23. The van der Waals surface area contributed by atoms with Crippen LogP contribution in [0.4, 0.5) is 10.5 Å². The molecule has 1 aliphatic rings. The minimum atomic E-state index is -0.473. The number of ether oxygens (including phenoxy) is 1. The predicted octanol–water partition coefficient (Wildman–Crippen LogP) is 3.57. The molecule has 0 spiro atoms. The van der Waals surface area contributed by atoms with Crippen molar-refractivity contribution in [2.24, 2.45) is 0 Å². The Labute approximate surface area is 176 Å². The SMILES string of the molecule is CC(C)(C)OC(=O)N1CCN(c2ccc(-n3cnc4ccc(CO)cc43)cc2)CC1. The number of fused-ring (bicyclic) bond motifs is 1. The van der Waals surface area contributed by atoms with Gasteiger partial charge in [0.1, 0.15) is 11.9 Å². The highest BCUT2D eigenvalue weighted by molar-refractivity contribution is 5.78. The summed E-state index contributed by atoms with van der Waals surface area (Å²) >= 11 is 0. The molecule has 1 aliphatic heterocycles. The summed E-state index contributed by atoms with van der Waals surface area (Å²) in [7, 11) is 0. The summed E-state index contributed by atoms with van der Waals surface area (Å²) in [6.07, 6.45) is 1.56. The predicted molar refractivity (Wildman–Crippen MR) is 117 cm³/mol. The van der Waals surface area contributed by atoms with Crippen LogP contribution < -0.4 is 4.90 Å². The van der Waals surface area contributed by atoms with E-state index in [-0.39, 0.29) is 12.7 Å². The van der Waals surface area contributed by atoms with Crippen LogP contribution in [0.25, 0.3) is 16.7 Å². The second kappa shape index (κ2) is 7.99. The molecule has 1 aromatic heterocycles. The van der Waals surface area contributed by atoms with Gasteiger partial charge in [-0.15, -0.1) is 0 Å². The number of aromatic nitrogens is 2. The summed E-state index contributed by atoms with van der Waals surface area (Å²) in [6.45, 7) is 8.50. The molecular formula is C23H28N4O3. The molecule has 1 N–H and O–H groups in total. The van der Waals surface area contributed by atoms with Gasteiger partial charge in [0.2, 0.25) is 0 Å². The highest BCUT2D eigenvalue weighted by Gasteiger charge is 2.25. The fraction of sp³-hybridized carbons (Fsp3) is 0.391. The molecule has 158 valence electrons. The summed E-state index contributed by atoms with van der Waals surface area (Å²) in [6, 6.07) is 14.1. The van der Waals surface area contributed by atoms with Gasteiger partial charge in [0, 0.05) is 37.6 Å². The van der Waals surface area contributed by atoms with E-state index in [0.717, 1.165) is 41.1 Å². The molecule has 2 heterocycles. The van der Waals surface area contributed by atoms with E-state index in [2.05, 4.69) is 34.1 Å². The molecule has 1 amide bonds. The molecule has 4 rings (SSSR count). The first-order valence-electron chi connectivity index (χ1n) is 10.2. The minimum absolute atomic E-state index is 0.00926. The van der Waals surface area contributed by atoms with Gasteiger partial charge in [-0.25, -0.2) is 9.78 Å². The summed E-state index contributed by atoms with van der Waals surface area (Å²) in [4.78, 5) is 20.7. The Hall–Kier alpha value is -3.06. The van der Waals surface area contributed by atoms with Crippen LogP contribution in [-0.2, 0) is 11.3 Å². The van der Waals surface area contributed by atoms with Crippen LogP contribution in [0.3, 0.4) is 0 Å². The summed E-state index contributed by atoms with van der Waals surface area (Å²) in [5, 5.41) is 9.42. The first kappa shape index (κ1) is 20.2. The van der Waals surface area contributed by atoms with Gasteiger partial charge in [0.05, 0.1) is 17.6 Å². The lowest BCUT2D eigenvalue weighted by Gasteiger charge is -2.36. The van der Waals surface area contributed by atoms with Gasteiger partial charge in [-0.1, -0.05) is 6.07 Å². The van der Waals surface area contributed by atoms with Crippen molar-refractivity contribution in [2.45, 2.75) is 33.0 Å². The number of imidazole rings is 1. The number of benzene rings is 2. The number of anilines is 1. The van der Waals surface area contributed by atoms with Crippen LogP contribution in [-0.4, -0.2) is 57.4 Å². The molecule has 1 fully saturated rings. The fourth-order valence-corrected chi connectivity index (χ4v) is 3.66. The van der Waals surface area contributed by atoms with Gasteiger partial charge in [-0.2, -0.15) is 0 Å². The van der Waals surface area contributed by atoms with Gasteiger partial charge in [0.15, 0.2) is 0 Å². The zero-order valence-electron chi connectivity index (χ0n) is 17.7. The molecule has 0 atom stereocenters. The zero-order valence-corrected chi connectivity index (χ0v) is 17.7. The average molecular weight is 409 g/mol. The Morgan fingerprint density at radius 1 is 1.03 bits per heavy atom. The molecule has 0 saturated carbocycles. The molecule has 1 saturated heterocycles. The molecular weight excluding hydrogens is 380 g/mol. The Morgan fingerprint density at radius 2 is 1.70 bits per heavy atom. The lowest BCUT2D eigenvalue weighted by molar-refractivity contribution is 0.0240. The molecule has 7 heteroatoms. The van der Waals surface area contributed by atoms with E-state index in [9.17, 15) is 9.90 Å². The maximum absolute atomic E-state index is 12.2. The summed E-state index contributed by atoms with van der Waals surface area (Å²) in [5.41, 5.74) is 4.41.